The minimum atomic E-state index is -0.317. The number of nitrogens with one attached hydrogen (secondary N) is 1. The number of rotatable bonds is 4. The zero-order chi connectivity index (χ0) is 24.4. The minimum Gasteiger partial charge on any atom is -0.465 e. The molecule has 0 radical (unpaired) electrons. The molecule has 1 heterocycles. The summed E-state index contributed by atoms with van der Waals surface area (Å²) in [6, 6.07) is 20.3. The lowest BCUT2D eigenvalue weighted by Crippen LogP contribution is -2.04. The van der Waals surface area contributed by atoms with Crippen molar-refractivity contribution in [2.75, 3.05) is 20.2 Å². The molecule has 5 heteroatoms. The fourth-order valence-corrected chi connectivity index (χ4v) is 5.58. The Morgan fingerprint density at radius 1 is 0.943 bits per heavy atom. The zero-order valence-electron chi connectivity index (χ0n) is 19.7. The quantitative estimate of drug-likeness (QED) is 0.375. The van der Waals surface area contributed by atoms with E-state index in [-0.39, 0.29) is 5.97 Å². The number of aryl methyl sites for hydroxylation is 1. The molecule has 178 valence electrons. The highest BCUT2D eigenvalue weighted by molar-refractivity contribution is 6.36. The van der Waals surface area contributed by atoms with Gasteiger partial charge in [0, 0.05) is 16.6 Å². The second-order valence-corrected chi connectivity index (χ2v) is 9.89. The molecule has 0 spiro atoms. The third-order valence-corrected chi connectivity index (χ3v) is 7.32. The van der Waals surface area contributed by atoms with Crippen LogP contribution in [-0.2, 0) is 11.2 Å². The summed E-state index contributed by atoms with van der Waals surface area (Å²) in [4.78, 5) is 12.2. The summed E-state index contributed by atoms with van der Waals surface area (Å²) >= 11 is 12.9. The van der Waals surface area contributed by atoms with Crippen molar-refractivity contribution in [2.45, 2.75) is 25.7 Å². The van der Waals surface area contributed by atoms with Gasteiger partial charge < -0.3 is 10.1 Å². The summed E-state index contributed by atoms with van der Waals surface area (Å²) in [7, 11) is 1.42. The van der Waals surface area contributed by atoms with Crippen LogP contribution in [0, 0.1) is 0 Å². The van der Waals surface area contributed by atoms with Crippen LogP contribution >= 0.6 is 23.2 Å². The van der Waals surface area contributed by atoms with E-state index in [0.29, 0.717) is 15.6 Å². The number of carbonyl (C=O) groups is 1. The first-order chi connectivity index (χ1) is 17.0. The van der Waals surface area contributed by atoms with Crippen LogP contribution in [0.3, 0.4) is 0 Å². The van der Waals surface area contributed by atoms with Gasteiger partial charge in [-0.1, -0.05) is 71.2 Å². The van der Waals surface area contributed by atoms with Gasteiger partial charge in [0.1, 0.15) is 0 Å². The number of ether oxygens (including phenoxy) is 1. The van der Waals surface area contributed by atoms with Gasteiger partial charge in [0.25, 0.3) is 0 Å². The molecule has 0 aromatic heterocycles. The number of fused-ring (bicyclic) bond motifs is 1. The van der Waals surface area contributed by atoms with Gasteiger partial charge in [-0.15, -0.1) is 0 Å². The van der Waals surface area contributed by atoms with Gasteiger partial charge in [0.15, 0.2) is 0 Å². The number of carbonyl (C=O) groups excluding carboxylic acids is 1. The topological polar surface area (TPSA) is 38.3 Å². The van der Waals surface area contributed by atoms with Crippen LogP contribution in [0.25, 0.3) is 17.2 Å². The first-order valence-corrected chi connectivity index (χ1v) is 12.7. The van der Waals surface area contributed by atoms with Gasteiger partial charge in [-0.3, -0.25) is 0 Å². The summed E-state index contributed by atoms with van der Waals surface area (Å²) in [6.07, 6.45) is 6.07. The highest BCUT2D eigenvalue weighted by atomic mass is 35.5. The van der Waals surface area contributed by atoms with Crippen molar-refractivity contribution < 1.29 is 9.53 Å². The number of benzene rings is 3. The SMILES string of the molecule is COC(=O)c1ccc2c(c1)CCCC(c1ccc(Cl)cc1Cl)=C2c1ccc(/C=C2/CCNC2)cc1. The molecule has 0 saturated carbocycles. The Kier molecular flexibility index (Phi) is 7.10. The van der Waals surface area contributed by atoms with Crippen molar-refractivity contribution in [3.8, 4) is 0 Å². The van der Waals surface area contributed by atoms with Crippen LogP contribution in [0.1, 0.15) is 57.4 Å². The first-order valence-electron chi connectivity index (χ1n) is 11.9. The van der Waals surface area contributed by atoms with Crippen LogP contribution in [0.15, 0.2) is 66.2 Å². The Hall–Kier alpha value is -2.85. The van der Waals surface area contributed by atoms with Gasteiger partial charge >= 0.3 is 5.97 Å². The Labute approximate surface area is 216 Å². The second kappa shape index (κ2) is 10.4. The zero-order valence-corrected chi connectivity index (χ0v) is 21.2. The van der Waals surface area contributed by atoms with Crippen molar-refractivity contribution >= 4 is 46.4 Å². The molecule has 3 aromatic carbocycles. The molecule has 1 aliphatic heterocycles. The van der Waals surface area contributed by atoms with E-state index >= 15 is 0 Å². The van der Waals surface area contributed by atoms with Gasteiger partial charge in [-0.25, -0.2) is 4.79 Å². The monoisotopic (exact) mass is 503 g/mol. The van der Waals surface area contributed by atoms with Gasteiger partial charge in [0.05, 0.1) is 12.7 Å². The lowest BCUT2D eigenvalue weighted by atomic mass is 9.87. The normalized spacial score (nSPS) is 16.8. The maximum Gasteiger partial charge on any atom is 0.337 e. The van der Waals surface area contributed by atoms with E-state index in [1.165, 1.54) is 23.8 Å². The largest absolute Gasteiger partial charge is 0.465 e. The molecule has 1 N–H and O–H groups in total. The molecule has 3 aromatic rings. The highest BCUT2D eigenvalue weighted by Crippen LogP contribution is 2.42. The summed E-state index contributed by atoms with van der Waals surface area (Å²) < 4.78 is 4.96. The fraction of sp³-hybridized carbons (Fsp3) is 0.233. The summed E-state index contributed by atoms with van der Waals surface area (Å²) in [5, 5.41) is 4.66. The van der Waals surface area contributed by atoms with Gasteiger partial charge in [-0.05, 0) is 95.5 Å². The molecule has 2 aliphatic rings. The lowest BCUT2D eigenvalue weighted by Gasteiger charge is -2.18. The summed E-state index contributed by atoms with van der Waals surface area (Å²) in [6.45, 7) is 2.01. The van der Waals surface area contributed by atoms with Crippen molar-refractivity contribution in [3.05, 3.63) is 110 Å². The molecular formula is C30H27Cl2NO2. The van der Waals surface area contributed by atoms with Crippen molar-refractivity contribution in [2.24, 2.45) is 0 Å². The molecule has 1 aliphatic carbocycles. The first kappa shape index (κ1) is 23.9. The molecule has 0 bridgehead atoms. The van der Waals surface area contributed by atoms with Crippen LogP contribution in [0.4, 0.5) is 0 Å². The van der Waals surface area contributed by atoms with E-state index < -0.39 is 0 Å². The minimum absolute atomic E-state index is 0.317. The Morgan fingerprint density at radius 3 is 2.46 bits per heavy atom. The van der Waals surface area contributed by atoms with Crippen molar-refractivity contribution in [1.82, 2.24) is 5.32 Å². The summed E-state index contributed by atoms with van der Waals surface area (Å²) in [5.74, 6) is -0.317. The van der Waals surface area contributed by atoms with Gasteiger partial charge in [-0.2, -0.15) is 0 Å². The molecule has 0 atom stereocenters. The number of methoxy groups -OCH3 is 1. The van der Waals surface area contributed by atoms with Gasteiger partial charge in [0.2, 0.25) is 0 Å². The average molecular weight is 504 g/mol. The number of allylic oxidation sites excluding steroid dienone is 1. The predicted molar refractivity (Wildman–Crippen MR) is 145 cm³/mol. The number of hydrogen-bond acceptors (Lipinski definition) is 3. The van der Waals surface area contributed by atoms with Crippen LogP contribution in [-0.4, -0.2) is 26.2 Å². The Morgan fingerprint density at radius 2 is 1.74 bits per heavy atom. The molecule has 35 heavy (non-hydrogen) atoms. The van der Waals surface area contributed by atoms with E-state index in [2.05, 4.69) is 35.7 Å². The predicted octanol–water partition coefficient (Wildman–Crippen LogP) is 7.45. The van der Waals surface area contributed by atoms with E-state index in [4.69, 9.17) is 27.9 Å². The van der Waals surface area contributed by atoms with Crippen LogP contribution in [0.2, 0.25) is 10.0 Å². The Balaban J connectivity index is 1.67. The fourth-order valence-electron chi connectivity index (χ4n) is 5.06. The molecule has 0 amide bonds. The number of esters is 1. The number of halogens is 2. The van der Waals surface area contributed by atoms with Crippen LogP contribution < -0.4 is 5.32 Å². The molecule has 5 rings (SSSR count). The standard InChI is InChI=1S/C30H27Cl2NO2/c1-35-30(34)23-9-11-25-22(16-23)3-2-4-27(26-12-10-24(31)17-28(26)32)29(25)21-7-5-19(6-8-21)15-20-13-14-33-18-20/h5-12,15-17,33H,2-4,13-14,18H2,1H3/b20-15-. The lowest BCUT2D eigenvalue weighted by molar-refractivity contribution is 0.0600. The third kappa shape index (κ3) is 5.08. The summed E-state index contributed by atoms with van der Waals surface area (Å²) in [5.41, 5.74) is 9.96. The second-order valence-electron chi connectivity index (χ2n) is 9.05. The van der Waals surface area contributed by atoms with E-state index in [1.54, 1.807) is 6.07 Å². The van der Waals surface area contributed by atoms with E-state index in [9.17, 15) is 4.79 Å². The Bertz CT molecular complexity index is 1330. The van der Waals surface area contributed by atoms with E-state index in [1.807, 2.05) is 30.3 Å². The maximum absolute atomic E-state index is 12.2. The smallest absolute Gasteiger partial charge is 0.337 e. The van der Waals surface area contributed by atoms with Crippen LogP contribution in [0.5, 0.6) is 0 Å². The van der Waals surface area contributed by atoms with Crippen molar-refractivity contribution in [3.63, 3.8) is 0 Å². The molecule has 0 unspecified atom stereocenters. The number of hydrogen-bond donors (Lipinski definition) is 1. The average Bonchev–Trinajstić information content (AvgIpc) is 3.30. The van der Waals surface area contributed by atoms with Crippen molar-refractivity contribution in [1.29, 1.82) is 0 Å². The molecule has 3 nitrogen and oxygen atoms in total. The molecular weight excluding hydrogens is 477 g/mol. The third-order valence-electron chi connectivity index (χ3n) is 6.77. The highest BCUT2D eigenvalue weighted by Gasteiger charge is 2.23. The van der Waals surface area contributed by atoms with E-state index in [0.717, 1.165) is 66.6 Å². The maximum atomic E-state index is 12.2. The molecule has 1 fully saturated rings. The molecule has 1 saturated heterocycles.